The van der Waals surface area contributed by atoms with Crippen LogP contribution in [0.4, 0.5) is 0 Å². The van der Waals surface area contributed by atoms with Crippen LogP contribution in [0.5, 0.6) is 0 Å². The van der Waals surface area contributed by atoms with E-state index in [4.69, 9.17) is 0 Å². The third-order valence-electron chi connectivity index (χ3n) is 3.19. The third-order valence-corrected chi connectivity index (χ3v) is 3.19. The zero-order chi connectivity index (χ0) is 8.60. The van der Waals surface area contributed by atoms with Crippen LogP contribution in [0.3, 0.4) is 0 Å². The van der Waals surface area contributed by atoms with Crippen LogP contribution < -0.4 is 0 Å². The summed E-state index contributed by atoms with van der Waals surface area (Å²) in [6, 6.07) is 9.05. The molecule has 0 aliphatic heterocycles. The fraction of sp³-hybridized carbons (Fsp3) is 0.500. The Balaban J connectivity index is 2.29. The highest BCUT2D eigenvalue weighted by atomic mass is 14.5. The zero-order valence-corrected chi connectivity index (χ0v) is 7.93. The smallest absolute Gasteiger partial charge is 0.00489 e. The zero-order valence-electron chi connectivity index (χ0n) is 7.93. The first-order chi connectivity index (χ1) is 5.77. The normalized spacial score (nSPS) is 19.2. The maximum absolute atomic E-state index is 2.30. The summed E-state index contributed by atoms with van der Waals surface area (Å²) in [5, 5.41) is 0. The molecular weight excluding hydrogens is 144 g/mol. The molecule has 1 aliphatic rings. The molecule has 0 saturated heterocycles. The molecule has 0 unspecified atom stereocenters. The predicted octanol–water partition coefficient (Wildman–Crippen LogP) is 3.44. The molecule has 1 fully saturated rings. The summed E-state index contributed by atoms with van der Waals surface area (Å²) in [7, 11) is 0. The molecule has 12 heavy (non-hydrogen) atoms. The van der Waals surface area contributed by atoms with Crippen molar-refractivity contribution in [1.29, 1.82) is 0 Å². The van der Waals surface area contributed by atoms with E-state index >= 15 is 0 Å². The van der Waals surface area contributed by atoms with Gasteiger partial charge in [0.25, 0.3) is 0 Å². The molecule has 0 N–H and O–H groups in total. The molecule has 64 valence electrons. The molecule has 1 aromatic rings. The highest BCUT2D eigenvalue weighted by molar-refractivity contribution is 5.32. The van der Waals surface area contributed by atoms with Crippen LogP contribution in [-0.4, -0.2) is 0 Å². The number of hydrogen-bond acceptors (Lipinski definition) is 0. The SMILES string of the molecule is CCC1(c2ccc(C)cc2)CC1. The fourth-order valence-electron chi connectivity index (χ4n) is 1.90. The molecule has 0 bridgehead atoms. The minimum absolute atomic E-state index is 0.577. The van der Waals surface area contributed by atoms with E-state index in [-0.39, 0.29) is 0 Å². The van der Waals surface area contributed by atoms with Crippen molar-refractivity contribution in [3.63, 3.8) is 0 Å². The average Bonchev–Trinajstić information content (AvgIpc) is 2.86. The Kier molecular flexibility index (Phi) is 1.71. The first-order valence-corrected chi connectivity index (χ1v) is 4.84. The molecule has 0 aromatic heterocycles. The van der Waals surface area contributed by atoms with Crippen molar-refractivity contribution in [3.05, 3.63) is 35.4 Å². The van der Waals surface area contributed by atoms with Gasteiger partial charge in [-0.25, -0.2) is 0 Å². The van der Waals surface area contributed by atoms with Gasteiger partial charge in [-0.2, -0.15) is 0 Å². The Morgan fingerprint density at radius 3 is 2.17 bits per heavy atom. The Labute approximate surface area is 74.6 Å². The van der Waals surface area contributed by atoms with Crippen molar-refractivity contribution in [2.45, 2.75) is 38.5 Å². The second kappa shape index (κ2) is 2.62. The summed E-state index contributed by atoms with van der Waals surface area (Å²) in [4.78, 5) is 0. The van der Waals surface area contributed by atoms with Crippen molar-refractivity contribution >= 4 is 0 Å². The predicted molar refractivity (Wildman–Crippen MR) is 52.4 cm³/mol. The topological polar surface area (TPSA) is 0 Å². The van der Waals surface area contributed by atoms with Crippen molar-refractivity contribution in [2.24, 2.45) is 0 Å². The summed E-state index contributed by atoms with van der Waals surface area (Å²) in [6.45, 7) is 4.45. The first kappa shape index (κ1) is 7.85. The van der Waals surface area contributed by atoms with Gasteiger partial charge in [0.2, 0.25) is 0 Å². The van der Waals surface area contributed by atoms with Crippen LogP contribution in [0.2, 0.25) is 0 Å². The quantitative estimate of drug-likeness (QED) is 0.621. The molecule has 0 radical (unpaired) electrons. The summed E-state index contributed by atoms with van der Waals surface area (Å²) in [5.74, 6) is 0. The van der Waals surface area contributed by atoms with Crippen molar-refractivity contribution in [3.8, 4) is 0 Å². The maximum atomic E-state index is 2.30. The molecule has 0 amide bonds. The van der Waals surface area contributed by atoms with Gasteiger partial charge < -0.3 is 0 Å². The Bertz CT molecular complexity index is 265. The van der Waals surface area contributed by atoms with E-state index in [1.807, 2.05) is 0 Å². The van der Waals surface area contributed by atoms with E-state index in [9.17, 15) is 0 Å². The van der Waals surface area contributed by atoms with Gasteiger partial charge in [-0.15, -0.1) is 0 Å². The van der Waals surface area contributed by atoms with Crippen molar-refractivity contribution in [2.75, 3.05) is 0 Å². The molecule has 0 heterocycles. The van der Waals surface area contributed by atoms with Crippen LogP contribution >= 0.6 is 0 Å². The van der Waals surface area contributed by atoms with E-state index in [0.717, 1.165) is 0 Å². The standard InChI is InChI=1S/C12H16/c1-3-12(8-9-12)11-6-4-10(2)5-7-11/h4-7H,3,8-9H2,1-2H3. The molecule has 1 saturated carbocycles. The molecule has 0 spiro atoms. The van der Waals surface area contributed by atoms with Gasteiger partial charge in [-0.1, -0.05) is 36.8 Å². The minimum Gasteiger partial charge on any atom is -0.0645 e. The van der Waals surface area contributed by atoms with E-state index in [1.165, 1.54) is 24.8 Å². The minimum atomic E-state index is 0.577. The van der Waals surface area contributed by atoms with Gasteiger partial charge in [0.05, 0.1) is 0 Å². The van der Waals surface area contributed by atoms with E-state index in [1.54, 1.807) is 5.56 Å². The van der Waals surface area contributed by atoms with Gasteiger partial charge in [-0.3, -0.25) is 0 Å². The van der Waals surface area contributed by atoms with Crippen LogP contribution in [0.25, 0.3) is 0 Å². The fourth-order valence-corrected chi connectivity index (χ4v) is 1.90. The van der Waals surface area contributed by atoms with Crippen LogP contribution in [-0.2, 0) is 5.41 Å². The lowest BCUT2D eigenvalue weighted by atomic mass is 9.93. The molecule has 0 nitrogen and oxygen atoms in total. The number of benzene rings is 1. The van der Waals surface area contributed by atoms with Crippen molar-refractivity contribution in [1.82, 2.24) is 0 Å². The lowest BCUT2D eigenvalue weighted by molar-refractivity contribution is 0.664. The van der Waals surface area contributed by atoms with E-state index < -0.39 is 0 Å². The number of aryl methyl sites for hydroxylation is 1. The molecule has 0 atom stereocenters. The molecule has 1 aliphatic carbocycles. The monoisotopic (exact) mass is 160 g/mol. The molecular formula is C12H16. The lowest BCUT2D eigenvalue weighted by Gasteiger charge is -2.12. The largest absolute Gasteiger partial charge is 0.0645 e. The van der Waals surface area contributed by atoms with Crippen LogP contribution in [0.15, 0.2) is 24.3 Å². The summed E-state index contributed by atoms with van der Waals surface area (Å²) >= 11 is 0. The van der Waals surface area contributed by atoms with E-state index in [2.05, 4.69) is 38.1 Å². The number of hydrogen-bond donors (Lipinski definition) is 0. The van der Waals surface area contributed by atoms with Gasteiger partial charge >= 0.3 is 0 Å². The molecule has 0 heteroatoms. The maximum Gasteiger partial charge on any atom is -0.00489 e. The highest BCUT2D eigenvalue weighted by Crippen LogP contribution is 2.50. The van der Waals surface area contributed by atoms with Crippen LogP contribution in [0.1, 0.15) is 37.3 Å². The summed E-state index contributed by atoms with van der Waals surface area (Å²) < 4.78 is 0. The first-order valence-electron chi connectivity index (χ1n) is 4.84. The molecule has 2 rings (SSSR count). The summed E-state index contributed by atoms with van der Waals surface area (Å²) in [5.41, 5.74) is 3.49. The second-order valence-corrected chi connectivity index (χ2v) is 4.00. The number of rotatable bonds is 2. The van der Waals surface area contributed by atoms with Gasteiger partial charge in [-0.05, 0) is 37.2 Å². The van der Waals surface area contributed by atoms with Gasteiger partial charge in [0.1, 0.15) is 0 Å². The summed E-state index contributed by atoms with van der Waals surface area (Å²) in [6.07, 6.45) is 4.09. The van der Waals surface area contributed by atoms with Crippen molar-refractivity contribution < 1.29 is 0 Å². The van der Waals surface area contributed by atoms with Crippen LogP contribution in [0, 0.1) is 6.92 Å². The van der Waals surface area contributed by atoms with Gasteiger partial charge in [0.15, 0.2) is 0 Å². The second-order valence-electron chi connectivity index (χ2n) is 4.00. The lowest BCUT2D eigenvalue weighted by Crippen LogP contribution is -2.03. The Morgan fingerprint density at radius 2 is 1.75 bits per heavy atom. The van der Waals surface area contributed by atoms with E-state index in [0.29, 0.717) is 5.41 Å². The Morgan fingerprint density at radius 1 is 1.17 bits per heavy atom. The average molecular weight is 160 g/mol. The third kappa shape index (κ3) is 1.16. The van der Waals surface area contributed by atoms with Gasteiger partial charge in [0, 0.05) is 0 Å². The molecule has 1 aromatic carbocycles. The Hall–Kier alpha value is -0.780. The highest BCUT2D eigenvalue weighted by Gasteiger charge is 2.41.